The lowest BCUT2D eigenvalue weighted by atomic mass is 9.78. The van der Waals surface area contributed by atoms with Crippen LogP contribution in [-0.4, -0.2) is 157 Å². The van der Waals surface area contributed by atoms with Gasteiger partial charge in [-0.3, -0.25) is 38.4 Å². The maximum atomic E-state index is 13.3. The van der Waals surface area contributed by atoms with Gasteiger partial charge < -0.3 is 60.6 Å². The zero-order valence-electron chi connectivity index (χ0n) is 49.8. The molecule has 0 aliphatic rings. The highest BCUT2D eigenvalue weighted by Gasteiger charge is 2.33. The summed E-state index contributed by atoms with van der Waals surface area (Å²) in [6, 6.07) is -1.90. The monoisotopic (exact) mass is 1160 g/mol. The summed E-state index contributed by atoms with van der Waals surface area (Å²) in [5, 5.41) is 26.3. The number of imidazole rings is 1. The van der Waals surface area contributed by atoms with Gasteiger partial charge in [-0.05, 0) is 58.3 Å². The number of aliphatic carboxylic acids is 2. The summed E-state index contributed by atoms with van der Waals surface area (Å²) in [7, 11) is 0. The van der Waals surface area contributed by atoms with Crippen molar-refractivity contribution in [2.45, 2.75) is 225 Å². The maximum Gasteiger partial charge on any atom is 0.326 e. The molecular weight excluding hydrogens is 1060 g/mol. The van der Waals surface area contributed by atoms with Gasteiger partial charge in [-0.2, -0.15) is 0 Å². The van der Waals surface area contributed by atoms with Crippen molar-refractivity contribution >= 4 is 58.6 Å². The molecule has 468 valence electrons. The average Bonchev–Trinajstić information content (AvgIpc) is 3.99. The Bertz CT molecular complexity index is 1980. The molecule has 0 bridgehead atoms. The Morgan fingerprint density at radius 3 is 1.68 bits per heavy atom. The van der Waals surface area contributed by atoms with Crippen LogP contribution in [-0.2, 0) is 73.3 Å². The number of carbonyl (C=O) groups is 10. The van der Waals surface area contributed by atoms with E-state index in [0.29, 0.717) is 57.9 Å². The van der Waals surface area contributed by atoms with Gasteiger partial charge in [0, 0.05) is 101 Å². The number of hydrogen-bond donors (Lipinski definition) is 7. The Morgan fingerprint density at radius 2 is 1.12 bits per heavy atom. The topological polar surface area (TPSA) is 339 Å². The molecule has 22 heteroatoms. The first-order chi connectivity index (χ1) is 39.3. The number of carboxylic acid groups (broad SMARTS) is 2. The number of unbranched alkanes of at least 4 members (excludes halogenated alkanes) is 14. The Balaban J connectivity index is 2.08. The van der Waals surface area contributed by atoms with Crippen molar-refractivity contribution in [3.63, 3.8) is 0 Å². The molecule has 0 aliphatic heterocycles. The molecule has 22 nitrogen and oxygen atoms in total. The molecular formula is C60H102N6O16. The number of H-pyrrole nitrogens is 1. The van der Waals surface area contributed by atoms with Crippen molar-refractivity contribution < 1.29 is 77.1 Å². The first-order valence-electron chi connectivity index (χ1n) is 30.2. The van der Waals surface area contributed by atoms with E-state index in [4.69, 9.17) is 29.8 Å². The lowest BCUT2D eigenvalue weighted by molar-refractivity contribution is -0.142. The number of nitrogens with two attached hydrogens (primary N) is 1. The van der Waals surface area contributed by atoms with Gasteiger partial charge in [-0.15, -0.1) is 0 Å². The minimum absolute atomic E-state index is 0.00504. The second-order valence-corrected chi connectivity index (χ2v) is 22.1. The van der Waals surface area contributed by atoms with Gasteiger partial charge in [0.2, 0.25) is 17.7 Å². The van der Waals surface area contributed by atoms with Crippen LogP contribution in [0.15, 0.2) is 12.5 Å². The summed E-state index contributed by atoms with van der Waals surface area (Å²) < 4.78 is 21.7. The molecule has 1 rings (SSSR count). The summed E-state index contributed by atoms with van der Waals surface area (Å²) >= 11 is 0. The van der Waals surface area contributed by atoms with E-state index in [0.717, 1.165) is 50.6 Å². The number of amides is 3. The van der Waals surface area contributed by atoms with E-state index in [2.05, 4.69) is 25.9 Å². The molecule has 1 aromatic heterocycles. The fraction of sp³-hybridized carbons (Fsp3) is 0.783. The van der Waals surface area contributed by atoms with Crippen LogP contribution in [0.1, 0.15) is 213 Å². The van der Waals surface area contributed by atoms with Crippen molar-refractivity contribution in [3.8, 4) is 0 Å². The van der Waals surface area contributed by atoms with E-state index in [1.165, 1.54) is 51.8 Å². The Hall–Kier alpha value is -5.29. The Labute approximate surface area is 486 Å². The zero-order valence-corrected chi connectivity index (χ0v) is 49.8. The average molecular weight is 1160 g/mol. The van der Waals surface area contributed by atoms with Crippen molar-refractivity contribution in [1.82, 2.24) is 25.9 Å². The predicted octanol–water partition coefficient (Wildman–Crippen LogP) is 7.05. The zero-order chi connectivity index (χ0) is 60.6. The second kappa shape index (κ2) is 48.1. The molecule has 0 saturated heterocycles. The van der Waals surface area contributed by atoms with Crippen molar-refractivity contribution in [2.24, 2.45) is 17.1 Å². The van der Waals surface area contributed by atoms with Crippen LogP contribution < -0.4 is 21.7 Å². The molecule has 0 unspecified atom stereocenters. The molecule has 8 N–H and O–H groups in total. The number of carbonyl (C=O) groups excluding carboxylic acids is 8. The number of aromatic nitrogens is 2. The molecule has 3 amide bonds. The van der Waals surface area contributed by atoms with E-state index >= 15 is 0 Å². The van der Waals surface area contributed by atoms with Gasteiger partial charge in [-0.25, -0.2) is 9.78 Å². The van der Waals surface area contributed by atoms with Crippen LogP contribution in [0.2, 0.25) is 0 Å². The number of rotatable bonds is 58. The quantitative estimate of drug-likeness (QED) is 0.0321. The maximum absolute atomic E-state index is 13.3. The van der Waals surface area contributed by atoms with Crippen LogP contribution in [0, 0.1) is 11.3 Å². The highest BCUT2D eigenvalue weighted by atomic mass is 16.5. The van der Waals surface area contributed by atoms with E-state index in [9.17, 15) is 53.1 Å². The van der Waals surface area contributed by atoms with Crippen LogP contribution in [0.4, 0.5) is 0 Å². The van der Waals surface area contributed by atoms with Gasteiger partial charge in [0.25, 0.3) is 0 Å². The van der Waals surface area contributed by atoms with E-state index in [-0.39, 0.29) is 164 Å². The first-order valence-corrected chi connectivity index (χ1v) is 30.2. The van der Waals surface area contributed by atoms with E-state index < -0.39 is 35.4 Å². The molecule has 1 aromatic rings. The number of aromatic amines is 1. The third kappa shape index (κ3) is 42.5. The Kier molecular flexibility index (Phi) is 43.9. The number of hydrogen-bond acceptors (Lipinski definition) is 16. The third-order valence-electron chi connectivity index (χ3n) is 14.1. The highest BCUT2D eigenvalue weighted by Crippen LogP contribution is 2.28. The molecule has 0 aromatic carbocycles. The predicted molar refractivity (Wildman–Crippen MR) is 309 cm³/mol. The van der Waals surface area contributed by atoms with Gasteiger partial charge in [0.15, 0.2) is 5.78 Å². The Morgan fingerprint density at radius 1 is 0.561 bits per heavy atom. The molecule has 3 atom stereocenters. The lowest BCUT2D eigenvalue weighted by Crippen LogP contribution is -2.41. The van der Waals surface area contributed by atoms with Crippen LogP contribution >= 0.6 is 0 Å². The lowest BCUT2D eigenvalue weighted by Gasteiger charge is -2.25. The summed E-state index contributed by atoms with van der Waals surface area (Å²) in [5.41, 5.74) is 5.88. The summed E-state index contributed by atoms with van der Waals surface area (Å²) in [4.78, 5) is 129. The number of nitrogens with one attached hydrogen (secondary N) is 4. The molecule has 0 aliphatic carbocycles. The highest BCUT2D eigenvalue weighted by molar-refractivity contribution is 5.93. The normalized spacial score (nSPS) is 12.5. The molecule has 82 heavy (non-hydrogen) atoms. The fourth-order valence-electron chi connectivity index (χ4n) is 9.12. The summed E-state index contributed by atoms with van der Waals surface area (Å²) in [6.07, 6.45) is 22.7. The standard InChI is InChI=1S/C60H102N6O16/c1-46(67)22-20-25-52(69)47(28-31-54(71)60(2,3)41-53(70)50(61)40-48-42-62-45-65-48)23-18-19-32-63-56(73)43-82-39-37-80-35-33-64-57(74)44-81-38-36-79-34-21-24-49(68)29-30-51(59(77)78)66-55(72)26-16-14-12-10-8-6-4-5-7-9-11-13-15-17-27-58(75)76/h42,45,47,50-51H,4-41,43-44,61H2,1-3H3,(H,62,65)(H,63,73)(H,64,74)(H,66,72)(H,75,76)(H,77,78)/t47-,50+,51+/m1/s1. The minimum Gasteiger partial charge on any atom is -0.481 e. The summed E-state index contributed by atoms with van der Waals surface area (Å²) in [6.45, 7) is 6.41. The van der Waals surface area contributed by atoms with Crippen molar-refractivity contribution in [3.05, 3.63) is 18.2 Å². The van der Waals surface area contributed by atoms with Gasteiger partial charge >= 0.3 is 11.9 Å². The number of ether oxygens (including phenoxy) is 4. The van der Waals surface area contributed by atoms with Crippen LogP contribution in [0.25, 0.3) is 0 Å². The molecule has 0 spiro atoms. The molecule has 0 radical (unpaired) electrons. The number of ketones is 5. The summed E-state index contributed by atoms with van der Waals surface area (Å²) in [5.74, 6) is -3.73. The number of Topliss-reactive ketones (excluding diaryl/α,β-unsaturated/α-hetero) is 5. The van der Waals surface area contributed by atoms with Crippen molar-refractivity contribution in [2.75, 3.05) is 65.9 Å². The largest absolute Gasteiger partial charge is 0.481 e. The third-order valence-corrected chi connectivity index (χ3v) is 14.1. The molecule has 1 heterocycles. The second-order valence-electron chi connectivity index (χ2n) is 22.1. The van der Waals surface area contributed by atoms with Gasteiger partial charge in [0.1, 0.15) is 42.4 Å². The fourth-order valence-corrected chi connectivity index (χ4v) is 9.12. The molecule has 0 fully saturated rings. The minimum atomic E-state index is -1.17. The number of carboxylic acids is 2. The van der Waals surface area contributed by atoms with Crippen LogP contribution in [0.5, 0.6) is 0 Å². The smallest absolute Gasteiger partial charge is 0.326 e. The van der Waals surface area contributed by atoms with E-state index in [1.807, 2.05) is 0 Å². The first kappa shape index (κ1) is 74.7. The SMILES string of the molecule is CC(=O)CCCC(=O)[C@H](CCCCNC(=O)COCCOCCNC(=O)COCCOCCCC(=O)CC[C@H](NC(=O)CCCCCCCCCCCCCCCCC(=O)O)C(=O)O)CCC(=O)C(C)(C)CC(=O)[C@@H](N)Cc1cnc[nH]1. The van der Waals surface area contributed by atoms with Crippen molar-refractivity contribution in [1.29, 1.82) is 0 Å². The van der Waals surface area contributed by atoms with E-state index in [1.54, 1.807) is 20.0 Å². The van der Waals surface area contributed by atoms with Gasteiger partial charge in [0.05, 0.1) is 45.4 Å². The van der Waals surface area contributed by atoms with Gasteiger partial charge in [-0.1, -0.05) is 97.3 Å². The number of nitrogens with zero attached hydrogens (tertiary/aromatic N) is 1. The van der Waals surface area contributed by atoms with Crippen LogP contribution in [0.3, 0.4) is 0 Å². The molecule has 0 saturated carbocycles.